The van der Waals surface area contributed by atoms with Gasteiger partial charge in [-0.3, -0.25) is 10.4 Å². The van der Waals surface area contributed by atoms with E-state index in [4.69, 9.17) is 11.1 Å². The third-order valence-corrected chi connectivity index (χ3v) is 5.80. The summed E-state index contributed by atoms with van der Waals surface area (Å²) in [6.07, 6.45) is 3.36. The molecule has 0 spiro atoms. The van der Waals surface area contributed by atoms with Crippen LogP contribution < -0.4 is 5.73 Å². The van der Waals surface area contributed by atoms with Gasteiger partial charge in [-0.2, -0.15) is 0 Å². The maximum atomic E-state index is 12.2. The summed E-state index contributed by atoms with van der Waals surface area (Å²) < 4.78 is 24.4. The first-order valence-corrected chi connectivity index (χ1v) is 8.83. The van der Waals surface area contributed by atoms with E-state index in [0.717, 1.165) is 4.90 Å². The molecule has 0 radical (unpaired) electrons. The van der Waals surface area contributed by atoms with Crippen LogP contribution >= 0.6 is 11.8 Å². The summed E-state index contributed by atoms with van der Waals surface area (Å²) in [6.45, 7) is 0. The van der Waals surface area contributed by atoms with Crippen molar-refractivity contribution in [3.8, 4) is 0 Å². The Balaban J connectivity index is 2.00. The van der Waals surface area contributed by atoms with Gasteiger partial charge in [-0.1, -0.05) is 12.1 Å². The highest BCUT2D eigenvalue weighted by Gasteiger charge is 2.14. The predicted octanol–water partition coefficient (Wildman–Crippen LogP) is 1.93. The lowest BCUT2D eigenvalue weighted by Crippen LogP contribution is -2.12. The van der Waals surface area contributed by atoms with Gasteiger partial charge in [-0.05, 0) is 24.3 Å². The largest absolute Gasteiger partial charge is 0.384 e. The van der Waals surface area contributed by atoms with Crippen molar-refractivity contribution in [2.24, 2.45) is 5.73 Å². The quantitative estimate of drug-likeness (QED) is 0.481. The van der Waals surface area contributed by atoms with Crippen LogP contribution in [0.25, 0.3) is 0 Å². The van der Waals surface area contributed by atoms with Crippen LogP contribution in [0, 0.1) is 5.41 Å². The zero-order valence-electron chi connectivity index (χ0n) is 11.2. The van der Waals surface area contributed by atoms with E-state index in [2.05, 4.69) is 4.98 Å². The average Bonchev–Trinajstić information content (AvgIpc) is 2.48. The Kier molecular flexibility index (Phi) is 4.98. The van der Waals surface area contributed by atoms with Crippen molar-refractivity contribution in [2.45, 2.75) is 9.79 Å². The lowest BCUT2D eigenvalue weighted by Gasteiger charge is -2.05. The van der Waals surface area contributed by atoms with Gasteiger partial charge in [0.1, 0.15) is 5.84 Å². The zero-order chi connectivity index (χ0) is 15.3. The summed E-state index contributed by atoms with van der Waals surface area (Å²) in [4.78, 5) is 5.16. The normalized spacial score (nSPS) is 11.2. The van der Waals surface area contributed by atoms with Crippen molar-refractivity contribution in [2.75, 3.05) is 11.5 Å². The monoisotopic (exact) mass is 321 g/mol. The number of benzene rings is 1. The third-order valence-electron chi connectivity index (χ3n) is 2.79. The number of aromatic nitrogens is 1. The first kappa shape index (κ1) is 15.5. The van der Waals surface area contributed by atoms with E-state index in [0.29, 0.717) is 11.3 Å². The molecule has 0 amide bonds. The number of nitrogens with one attached hydrogen (secondary N) is 1. The number of nitrogens with zero attached hydrogens (tertiary/aromatic N) is 1. The smallest absolute Gasteiger partial charge is 0.179 e. The Morgan fingerprint density at radius 3 is 2.33 bits per heavy atom. The summed E-state index contributed by atoms with van der Waals surface area (Å²) in [5.74, 6) is 0.451. The minimum Gasteiger partial charge on any atom is -0.384 e. The molecule has 0 saturated heterocycles. The average molecular weight is 321 g/mol. The second kappa shape index (κ2) is 6.73. The number of nitrogen functional groups attached to an aromatic ring is 1. The molecule has 3 N–H and O–H groups in total. The predicted molar refractivity (Wildman–Crippen MR) is 84.5 cm³/mol. The van der Waals surface area contributed by atoms with E-state index < -0.39 is 9.84 Å². The minimum atomic E-state index is -3.32. The standard InChI is InChI=1S/C14H15N3O2S2/c15-14(16)11-1-3-13(4-2-11)21(18,19)10-9-20-12-5-7-17-8-6-12/h1-8H,9-10H2,(H3,15,16). The van der Waals surface area contributed by atoms with Gasteiger partial charge in [-0.15, -0.1) is 11.8 Å². The van der Waals surface area contributed by atoms with Crippen molar-refractivity contribution in [3.63, 3.8) is 0 Å². The molecule has 0 saturated carbocycles. The number of thioether (sulfide) groups is 1. The molecular formula is C14H15N3O2S2. The van der Waals surface area contributed by atoms with Gasteiger partial charge in [-0.25, -0.2) is 8.42 Å². The lowest BCUT2D eigenvalue weighted by molar-refractivity contribution is 0.597. The van der Waals surface area contributed by atoms with Gasteiger partial charge >= 0.3 is 0 Å². The fraction of sp³-hybridized carbons (Fsp3) is 0.143. The van der Waals surface area contributed by atoms with Crippen molar-refractivity contribution >= 4 is 27.4 Å². The van der Waals surface area contributed by atoms with Crippen molar-refractivity contribution in [3.05, 3.63) is 54.4 Å². The van der Waals surface area contributed by atoms with E-state index >= 15 is 0 Å². The van der Waals surface area contributed by atoms with Crippen LogP contribution in [0.4, 0.5) is 0 Å². The Morgan fingerprint density at radius 2 is 1.76 bits per heavy atom. The molecule has 7 heteroatoms. The second-order valence-corrected chi connectivity index (χ2v) is 7.57. The highest BCUT2D eigenvalue weighted by atomic mass is 32.2. The van der Waals surface area contributed by atoms with Crippen LogP contribution in [0.2, 0.25) is 0 Å². The van der Waals surface area contributed by atoms with E-state index in [1.807, 2.05) is 12.1 Å². The molecule has 1 heterocycles. The number of hydrogen-bond acceptors (Lipinski definition) is 5. The molecule has 2 rings (SSSR count). The number of sulfone groups is 1. The molecule has 21 heavy (non-hydrogen) atoms. The number of hydrogen-bond donors (Lipinski definition) is 2. The molecule has 1 aromatic heterocycles. The van der Waals surface area contributed by atoms with Gasteiger partial charge in [0.25, 0.3) is 0 Å². The molecule has 1 aromatic carbocycles. The zero-order valence-corrected chi connectivity index (χ0v) is 12.8. The molecule has 2 aromatic rings. The highest BCUT2D eigenvalue weighted by molar-refractivity contribution is 8.00. The van der Waals surface area contributed by atoms with Crippen LogP contribution in [0.15, 0.2) is 58.6 Å². The van der Waals surface area contributed by atoms with Crippen LogP contribution in [0.1, 0.15) is 5.56 Å². The molecular weight excluding hydrogens is 306 g/mol. The van der Waals surface area contributed by atoms with Gasteiger partial charge in [0.15, 0.2) is 9.84 Å². The van der Waals surface area contributed by atoms with Crippen molar-refractivity contribution in [1.82, 2.24) is 4.98 Å². The molecule has 5 nitrogen and oxygen atoms in total. The summed E-state index contributed by atoms with van der Waals surface area (Å²) in [7, 11) is -3.32. The Hall–Kier alpha value is -1.86. The summed E-state index contributed by atoms with van der Waals surface area (Å²) in [5, 5.41) is 7.29. The molecule has 110 valence electrons. The molecule has 0 aliphatic rings. The Bertz CT molecular complexity index is 714. The Labute approximate surface area is 128 Å². The van der Waals surface area contributed by atoms with E-state index in [1.54, 1.807) is 24.5 Å². The van der Waals surface area contributed by atoms with Gasteiger partial charge in [0, 0.05) is 28.6 Å². The molecule has 0 aliphatic heterocycles. The van der Waals surface area contributed by atoms with E-state index in [9.17, 15) is 8.42 Å². The number of nitrogens with two attached hydrogens (primary N) is 1. The molecule has 0 aliphatic carbocycles. The molecule has 0 unspecified atom stereocenters. The van der Waals surface area contributed by atoms with Crippen LogP contribution in [0.5, 0.6) is 0 Å². The highest BCUT2D eigenvalue weighted by Crippen LogP contribution is 2.19. The maximum Gasteiger partial charge on any atom is 0.179 e. The van der Waals surface area contributed by atoms with Crippen LogP contribution in [0.3, 0.4) is 0 Å². The van der Waals surface area contributed by atoms with Crippen LogP contribution in [-0.2, 0) is 9.84 Å². The first-order valence-electron chi connectivity index (χ1n) is 6.19. The maximum absolute atomic E-state index is 12.2. The van der Waals surface area contributed by atoms with E-state index in [-0.39, 0.29) is 16.5 Å². The van der Waals surface area contributed by atoms with E-state index in [1.165, 1.54) is 23.9 Å². The SMILES string of the molecule is N=C(N)c1ccc(S(=O)(=O)CCSc2ccncc2)cc1. The molecule has 0 bridgehead atoms. The van der Waals surface area contributed by atoms with Crippen LogP contribution in [-0.4, -0.2) is 30.7 Å². The van der Waals surface area contributed by atoms with Gasteiger partial charge < -0.3 is 5.73 Å². The third kappa shape index (κ3) is 4.30. The minimum absolute atomic E-state index is 0.0550. The van der Waals surface area contributed by atoms with Gasteiger partial charge in [0.05, 0.1) is 10.6 Å². The number of amidine groups is 1. The molecule has 0 fully saturated rings. The first-order chi connectivity index (χ1) is 9.99. The number of pyridine rings is 1. The number of rotatable bonds is 6. The second-order valence-electron chi connectivity index (χ2n) is 4.29. The lowest BCUT2D eigenvalue weighted by atomic mass is 10.2. The topological polar surface area (TPSA) is 96.9 Å². The van der Waals surface area contributed by atoms with Crippen molar-refractivity contribution < 1.29 is 8.42 Å². The van der Waals surface area contributed by atoms with Gasteiger partial charge in [0.2, 0.25) is 0 Å². The Morgan fingerprint density at radius 1 is 1.14 bits per heavy atom. The summed E-state index contributed by atoms with van der Waals surface area (Å²) in [5.41, 5.74) is 5.86. The fourth-order valence-electron chi connectivity index (χ4n) is 1.66. The summed E-state index contributed by atoms with van der Waals surface area (Å²) in [6, 6.07) is 9.76. The van der Waals surface area contributed by atoms with Crippen molar-refractivity contribution in [1.29, 1.82) is 5.41 Å². The fourth-order valence-corrected chi connectivity index (χ4v) is 4.21. The summed E-state index contributed by atoms with van der Waals surface area (Å²) >= 11 is 1.48. The molecule has 0 atom stereocenters.